The van der Waals surface area contributed by atoms with Crippen LogP contribution in [0, 0.1) is 0 Å². The minimum Gasteiger partial charge on any atom is -0.365 e. The van der Waals surface area contributed by atoms with E-state index in [1.165, 1.54) is 0 Å². The first kappa shape index (κ1) is 5.47. The lowest BCUT2D eigenvalue weighted by Gasteiger charge is -1.94. The van der Waals surface area contributed by atoms with Crippen molar-refractivity contribution in [2.24, 2.45) is 4.99 Å². The van der Waals surface area contributed by atoms with E-state index in [1.54, 1.807) is 0 Å². The van der Waals surface area contributed by atoms with E-state index in [4.69, 9.17) is 0 Å². The summed E-state index contributed by atoms with van der Waals surface area (Å²) >= 11 is 0. The molecule has 0 aromatic heterocycles. The molecule has 1 aliphatic heterocycles. The molecule has 10 heavy (non-hydrogen) atoms. The fourth-order valence-corrected chi connectivity index (χ4v) is 1.04. The molecule has 0 radical (unpaired) electrons. The zero-order valence-electron chi connectivity index (χ0n) is 5.54. The van der Waals surface area contributed by atoms with Crippen LogP contribution in [0.4, 0.5) is 0 Å². The highest BCUT2D eigenvalue weighted by atomic mass is 15.1. The maximum Gasteiger partial charge on any atom is 0.108 e. The molecule has 1 N–H and O–H groups in total. The predicted molar refractivity (Wildman–Crippen MR) is 41.8 cm³/mol. The summed E-state index contributed by atoms with van der Waals surface area (Å²) in [6, 6.07) is 0. The van der Waals surface area contributed by atoms with Gasteiger partial charge < -0.3 is 5.32 Å². The molecule has 1 heterocycles. The monoisotopic (exact) mass is 132 g/mol. The highest BCUT2D eigenvalue weighted by Crippen LogP contribution is 2.06. The van der Waals surface area contributed by atoms with Gasteiger partial charge in [0.1, 0.15) is 6.67 Å². The Labute approximate surface area is 59.7 Å². The van der Waals surface area contributed by atoms with Crippen molar-refractivity contribution in [3.05, 3.63) is 36.1 Å². The van der Waals surface area contributed by atoms with E-state index in [9.17, 15) is 0 Å². The molecule has 0 bridgehead atoms. The van der Waals surface area contributed by atoms with Crippen molar-refractivity contribution >= 4 is 5.71 Å². The number of nitrogens with one attached hydrogen (secondary N) is 1. The van der Waals surface area contributed by atoms with Crippen molar-refractivity contribution < 1.29 is 0 Å². The van der Waals surface area contributed by atoms with Crippen LogP contribution in [0.2, 0.25) is 0 Å². The second-order valence-corrected chi connectivity index (χ2v) is 2.20. The first-order chi connectivity index (χ1) is 4.97. The molecule has 50 valence electrons. The van der Waals surface area contributed by atoms with Crippen molar-refractivity contribution in [1.29, 1.82) is 0 Å². The molecule has 2 heteroatoms. The number of nitrogens with zero attached hydrogens (tertiary/aromatic N) is 1. The SMILES string of the molecule is C1=CC=C2NCN=C2C=C1. The molecule has 0 unspecified atom stereocenters. The average Bonchev–Trinajstić information content (AvgIpc) is 2.28. The standard InChI is InChI=1S/C8H8N2/c1-2-4-7-8(5-3-1)10-6-9-7/h1-5,9H,6H2. The lowest BCUT2D eigenvalue weighted by atomic mass is 10.3. The van der Waals surface area contributed by atoms with Crippen molar-refractivity contribution in [2.75, 3.05) is 6.67 Å². The summed E-state index contributed by atoms with van der Waals surface area (Å²) in [5, 5.41) is 3.15. The van der Waals surface area contributed by atoms with Crippen LogP contribution in [-0.2, 0) is 0 Å². The number of hydrogen-bond donors (Lipinski definition) is 1. The third kappa shape index (κ3) is 0.778. The molecule has 2 rings (SSSR count). The van der Waals surface area contributed by atoms with Gasteiger partial charge in [-0.1, -0.05) is 18.2 Å². The van der Waals surface area contributed by atoms with Gasteiger partial charge in [-0.05, 0) is 12.2 Å². The van der Waals surface area contributed by atoms with Crippen LogP contribution >= 0.6 is 0 Å². The van der Waals surface area contributed by atoms with E-state index in [1.807, 2.05) is 30.4 Å². The maximum atomic E-state index is 4.23. The van der Waals surface area contributed by atoms with Crippen LogP contribution in [0.25, 0.3) is 0 Å². The van der Waals surface area contributed by atoms with Gasteiger partial charge in [0, 0.05) is 0 Å². The van der Waals surface area contributed by atoms with Crippen LogP contribution in [0.15, 0.2) is 41.1 Å². The molecule has 0 aromatic rings. The Kier molecular flexibility index (Phi) is 1.17. The van der Waals surface area contributed by atoms with Gasteiger partial charge in [-0.3, -0.25) is 4.99 Å². The van der Waals surface area contributed by atoms with Crippen molar-refractivity contribution in [3.8, 4) is 0 Å². The lowest BCUT2D eigenvalue weighted by molar-refractivity contribution is 0.909. The van der Waals surface area contributed by atoms with Gasteiger partial charge >= 0.3 is 0 Å². The fourth-order valence-electron chi connectivity index (χ4n) is 1.04. The van der Waals surface area contributed by atoms with Gasteiger partial charge in [0.25, 0.3) is 0 Å². The number of hydrogen-bond acceptors (Lipinski definition) is 2. The first-order valence-corrected chi connectivity index (χ1v) is 3.30. The molecular formula is C8H8N2. The summed E-state index contributed by atoms with van der Waals surface area (Å²) in [7, 11) is 0. The second-order valence-electron chi connectivity index (χ2n) is 2.20. The lowest BCUT2D eigenvalue weighted by Crippen LogP contribution is -2.08. The zero-order valence-corrected chi connectivity index (χ0v) is 5.54. The summed E-state index contributed by atoms with van der Waals surface area (Å²) in [6.07, 6.45) is 10.0. The topological polar surface area (TPSA) is 24.4 Å². The number of rotatable bonds is 0. The van der Waals surface area contributed by atoms with Gasteiger partial charge in [0.2, 0.25) is 0 Å². The molecule has 1 aliphatic carbocycles. The van der Waals surface area contributed by atoms with Crippen LogP contribution in [0.1, 0.15) is 0 Å². The van der Waals surface area contributed by atoms with E-state index >= 15 is 0 Å². The van der Waals surface area contributed by atoms with Gasteiger partial charge in [-0.2, -0.15) is 0 Å². The van der Waals surface area contributed by atoms with Gasteiger partial charge in [0.15, 0.2) is 0 Å². The van der Waals surface area contributed by atoms with Gasteiger partial charge in [0.05, 0.1) is 11.4 Å². The molecular weight excluding hydrogens is 124 g/mol. The Bertz CT molecular complexity index is 256. The summed E-state index contributed by atoms with van der Waals surface area (Å²) in [4.78, 5) is 4.23. The van der Waals surface area contributed by atoms with Gasteiger partial charge in [-0.15, -0.1) is 0 Å². The Morgan fingerprint density at radius 2 is 2.30 bits per heavy atom. The smallest absolute Gasteiger partial charge is 0.108 e. The van der Waals surface area contributed by atoms with Crippen LogP contribution in [0.3, 0.4) is 0 Å². The van der Waals surface area contributed by atoms with E-state index in [2.05, 4.69) is 10.3 Å². The average molecular weight is 132 g/mol. The Morgan fingerprint density at radius 1 is 1.30 bits per heavy atom. The number of fused-ring (bicyclic) bond motifs is 1. The molecule has 0 aromatic carbocycles. The summed E-state index contributed by atoms with van der Waals surface area (Å²) < 4.78 is 0. The summed E-state index contributed by atoms with van der Waals surface area (Å²) in [5.74, 6) is 0. The van der Waals surface area contributed by atoms with E-state index in [-0.39, 0.29) is 0 Å². The van der Waals surface area contributed by atoms with Crippen molar-refractivity contribution in [1.82, 2.24) is 5.32 Å². The first-order valence-electron chi connectivity index (χ1n) is 3.30. The van der Waals surface area contributed by atoms with Crippen molar-refractivity contribution in [2.45, 2.75) is 0 Å². The molecule has 0 atom stereocenters. The number of aliphatic imine (C=N–C) groups is 1. The number of allylic oxidation sites excluding steroid dienone is 5. The van der Waals surface area contributed by atoms with Crippen LogP contribution < -0.4 is 5.32 Å². The van der Waals surface area contributed by atoms with Crippen LogP contribution in [0.5, 0.6) is 0 Å². The Hall–Kier alpha value is -1.31. The fraction of sp³-hybridized carbons (Fsp3) is 0.125. The van der Waals surface area contributed by atoms with Crippen molar-refractivity contribution in [3.63, 3.8) is 0 Å². The largest absolute Gasteiger partial charge is 0.365 e. The van der Waals surface area contributed by atoms with Crippen LogP contribution in [-0.4, -0.2) is 12.4 Å². The normalized spacial score (nSPS) is 20.8. The minimum absolute atomic E-state index is 0.722. The minimum atomic E-state index is 0.722. The van der Waals surface area contributed by atoms with E-state index in [0.717, 1.165) is 18.1 Å². The zero-order chi connectivity index (χ0) is 6.81. The Morgan fingerprint density at radius 3 is 3.30 bits per heavy atom. The molecule has 0 amide bonds. The highest BCUT2D eigenvalue weighted by Gasteiger charge is 2.08. The Balaban J connectivity index is 2.42. The quantitative estimate of drug-likeness (QED) is 0.522. The summed E-state index contributed by atoms with van der Waals surface area (Å²) in [6.45, 7) is 0.722. The third-order valence-electron chi connectivity index (χ3n) is 1.53. The molecule has 0 spiro atoms. The molecule has 2 aliphatic rings. The molecule has 2 nitrogen and oxygen atoms in total. The highest BCUT2D eigenvalue weighted by molar-refractivity contribution is 6.09. The molecule has 0 fully saturated rings. The second kappa shape index (κ2) is 2.14. The van der Waals surface area contributed by atoms with E-state index in [0.29, 0.717) is 0 Å². The predicted octanol–water partition coefficient (Wildman–Crippen LogP) is 0.998. The summed E-state index contributed by atoms with van der Waals surface area (Å²) in [5.41, 5.74) is 2.19. The third-order valence-corrected chi connectivity index (χ3v) is 1.53. The molecule has 0 saturated heterocycles. The van der Waals surface area contributed by atoms with Gasteiger partial charge in [-0.25, -0.2) is 0 Å². The molecule has 0 saturated carbocycles. The van der Waals surface area contributed by atoms with E-state index < -0.39 is 0 Å². The maximum absolute atomic E-state index is 4.23.